The highest BCUT2D eigenvalue weighted by atomic mass is 32.2. The lowest BCUT2D eigenvalue weighted by Crippen LogP contribution is -2.13. The maximum absolute atomic E-state index is 13.4. The first-order valence-electron chi connectivity index (χ1n) is 6.55. The van der Waals surface area contributed by atoms with Gasteiger partial charge in [-0.15, -0.1) is 0 Å². The largest absolute Gasteiger partial charge is 0.325 e. The molecule has 0 aliphatic rings. The number of aryl methyl sites for hydroxylation is 1. The van der Waals surface area contributed by atoms with Crippen LogP contribution in [0.25, 0.3) is 0 Å². The molecule has 0 fully saturated rings. The van der Waals surface area contributed by atoms with Crippen LogP contribution in [0.1, 0.15) is 12.0 Å². The normalized spacial score (nSPS) is 11.2. The van der Waals surface area contributed by atoms with E-state index in [1.54, 1.807) is 18.2 Å². The van der Waals surface area contributed by atoms with Crippen LogP contribution in [-0.4, -0.2) is 25.6 Å². The Morgan fingerprint density at radius 2 is 1.95 bits per heavy atom. The topological polar surface area (TPSA) is 76.1 Å². The maximum atomic E-state index is 13.4. The van der Waals surface area contributed by atoms with Gasteiger partial charge in [-0.3, -0.25) is 4.79 Å². The molecule has 2 aromatic rings. The third-order valence-electron chi connectivity index (χ3n) is 2.98. The van der Waals surface area contributed by atoms with Gasteiger partial charge in [-0.05, 0) is 30.2 Å². The number of halogens is 1. The zero-order valence-electron chi connectivity index (χ0n) is 11.9. The van der Waals surface area contributed by atoms with Gasteiger partial charge in [-0.1, -0.05) is 18.2 Å². The fourth-order valence-corrected chi connectivity index (χ4v) is 2.41. The number of nitrogens with one attached hydrogen (secondary N) is 1. The molecule has 7 heteroatoms. The molecule has 1 aromatic carbocycles. The second-order valence-electron chi connectivity index (χ2n) is 4.80. The van der Waals surface area contributed by atoms with Crippen LogP contribution in [0.4, 0.5) is 10.1 Å². The molecule has 0 radical (unpaired) electrons. The van der Waals surface area contributed by atoms with Crippen molar-refractivity contribution in [3.05, 3.63) is 54.0 Å². The third-order valence-corrected chi connectivity index (χ3v) is 3.98. The van der Waals surface area contributed by atoms with Crippen molar-refractivity contribution in [3.8, 4) is 0 Å². The zero-order valence-corrected chi connectivity index (χ0v) is 12.7. The summed E-state index contributed by atoms with van der Waals surface area (Å²) in [6, 6.07) is 9.07. The fourth-order valence-electron chi connectivity index (χ4n) is 1.85. The predicted molar refractivity (Wildman–Crippen MR) is 80.7 cm³/mol. The summed E-state index contributed by atoms with van der Waals surface area (Å²) in [5, 5.41) is 2.53. The number of carbonyl (C=O) groups is 1. The number of benzene rings is 1. The smallest absolute Gasteiger partial charge is 0.224 e. The Hall–Kier alpha value is -2.28. The number of sulfone groups is 1. The first kappa shape index (κ1) is 16.1. The highest BCUT2D eigenvalue weighted by molar-refractivity contribution is 7.90. The number of rotatable bonds is 5. The molecule has 5 nitrogen and oxygen atoms in total. The Labute approximate surface area is 128 Å². The molecule has 1 amide bonds. The minimum Gasteiger partial charge on any atom is -0.325 e. The molecular weight excluding hydrogens is 307 g/mol. The van der Waals surface area contributed by atoms with Gasteiger partial charge in [0.2, 0.25) is 5.91 Å². The van der Waals surface area contributed by atoms with Crippen LogP contribution in [0.2, 0.25) is 0 Å². The van der Waals surface area contributed by atoms with Crippen LogP contribution in [-0.2, 0) is 21.1 Å². The van der Waals surface area contributed by atoms with E-state index >= 15 is 0 Å². The Morgan fingerprint density at radius 1 is 1.23 bits per heavy atom. The fraction of sp³-hybridized carbons (Fsp3) is 0.200. The first-order valence-corrected chi connectivity index (χ1v) is 8.45. The van der Waals surface area contributed by atoms with Gasteiger partial charge in [-0.2, -0.15) is 0 Å². The Morgan fingerprint density at radius 3 is 2.55 bits per heavy atom. The summed E-state index contributed by atoms with van der Waals surface area (Å²) in [6.45, 7) is 0. The molecule has 0 aliphatic heterocycles. The SMILES string of the molecule is CS(=O)(=O)c1ccc(NC(=O)CCc2ccccc2F)cn1. The van der Waals surface area contributed by atoms with Crippen molar-refractivity contribution in [2.75, 3.05) is 11.6 Å². The van der Waals surface area contributed by atoms with E-state index in [2.05, 4.69) is 10.3 Å². The van der Waals surface area contributed by atoms with E-state index in [0.717, 1.165) is 6.26 Å². The van der Waals surface area contributed by atoms with Gasteiger partial charge in [0.15, 0.2) is 14.9 Å². The number of anilines is 1. The van der Waals surface area contributed by atoms with Crippen molar-refractivity contribution in [2.45, 2.75) is 17.9 Å². The third kappa shape index (κ3) is 4.36. The molecule has 0 unspecified atom stereocenters. The number of pyridine rings is 1. The zero-order chi connectivity index (χ0) is 16.2. The molecule has 2 rings (SSSR count). The van der Waals surface area contributed by atoms with Crippen molar-refractivity contribution in [1.82, 2.24) is 4.98 Å². The second kappa shape index (κ2) is 6.65. The highest BCUT2D eigenvalue weighted by Crippen LogP contribution is 2.12. The van der Waals surface area contributed by atoms with E-state index < -0.39 is 9.84 Å². The van der Waals surface area contributed by atoms with Gasteiger partial charge in [-0.25, -0.2) is 17.8 Å². The lowest BCUT2D eigenvalue weighted by molar-refractivity contribution is -0.116. The van der Waals surface area contributed by atoms with Crippen LogP contribution in [0.3, 0.4) is 0 Å². The van der Waals surface area contributed by atoms with Gasteiger partial charge in [0.25, 0.3) is 0 Å². The van der Waals surface area contributed by atoms with Crippen molar-refractivity contribution in [1.29, 1.82) is 0 Å². The molecule has 1 aromatic heterocycles. The Balaban J connectivity index is 1.94. The molecule has 0 atom stereocenters. The quantitative estimate of drug-likeness (QED) is 0.915. The lowest BCUT2D eigenvalue weighted by atomic mass is 10.1. The van der Waals surface area contributed by atoms with Crippen molar-refractivity contribution in [2.24, 2.45) is 0 Å². The molecule has 0 bridgehead atoms. The van der Waals surface area contributed by atoms with E-state index in [4.69, 9.17) is 0 Å². The average Bonchev–Trinajstić information content (AvgIpc) is 2.46. The first-order chi connectivity index (χ1) is 10.4. The van der Waals surface area contributed by atoms with Crippen LogP contribution in [0.15, 0.2) is 47.6 Å². The average molecular weight is 322 g/mol. The van der Waals surface area contributed by atoms with E-state index in [9.17, 15) is 17.6 Å². The van der Waals surface area contributed by atoms with Crippen molar-refractivity contribution < 1.29 is 17.6 Å². The van der Waals surface area contributed by atoms with E-state index in [1.165, 1.54) is 24.4 Å². The number of hydrogen-bond acceptors (Lipinski definition) is 4. The molecular formula is C15H15FN2O3S. The number of amides is 1. The standard InChI is InChI=1S/C15H15FN2O3S/c1-22(20,21)15-9-7-12(10-17-15)18-14(19)8-6-11-4-2-3-5-13(11)16/h2-5,7,9-10H,6,8H2,1H3,(H,18,19). The Kier molecular flexibility index (Phi) is 4.87. The summed E-state index contributed by atoms with van der Waals surface area (Å²) in [6.07, 6.45) is 2.74. The van der Waals surface area contributed by atoms with Crippen LogP contribution < -0.4 is 5.32 Å². The minimum atomic E-state index is -3.36. The predicted octanol–water partition coefficient (Wildman–Crippen LogP) is 2.20. The molecule has 116 valence electrons. The monoisotopic (exact) mass is 322 g/mol. The van der Waals surface area contributed by atoms with Gasteiger partial charge in [0.1, 0.15) is 5.82 Å². The molecule has 0 saturated heterocycles. The van der Waals surface area contributed by atoms with Gasteiger partial charge < -0.3 is 5.32 Å². The molecule has 0 spiro atoms. The molecule has 0 aliphatic carbocycles. The van der Waals surface area contributed by atoms with Gasteiger partial charge in [0.05, 0.1) is 11.9 Å². The molecule has 1 heterocycles. The molecule has 22 heavy (non-hydrogen) atoms. The van der Waals surface area contributed by atoms with Crippen LogP contribution in [0.5, 0.6) is 0 Å². The number of nitrogens with zero attached hydrogens (tertiary/aromatic N) is 1. The molecule has 0 saturated carbocycles. The minimum absolute atomic E-state index is 0.0585. The van der Waals surface area contributed by atoms with E-state index in [-0.39, 0.29) is 29.6 Å². The lowest BCUT2D eigenvalue weighted by Gasteiger charge is -2.06. The van der Waals surface area contributed by atoms with Crippen LogP contribution in [0, 0.1) is 5.82 Å². The summed E-state index contributed by atoms with van der Waals surface area (Å²) in [4.78, 5) is 15.6. The summed E-state index contributed by atoms with van der Waals surface area (Å²) in [5.74, 6) is -0.633. The van der Waals surface area contributed by atoms with Crippen molar-refractivity contribution >= 4 is 21.4 Å². The number of hydrogen-bond donors (Lipinski definition) is 1. The summed E-state index contributed by atoms with van der Waals surface area (Å²) < 4.78 is 36.0. The molecule has 1 N–H and O–H groups in total. The van der Waals surface area contributed by atoms with E-state index in [1.807, 2.05) is 0 Å². The van der Waals surface area contributed by atoms with E-state index in [0.29, 0.717) is 11.3 Å². The van der Waals surface area contributed by atoms with Gasteiger partial charge >= 0.3 is 0 Å². The number of aromatic nitrogens is 1. The van der Waals surface area contributed by atoms with Crippen LogP contribution >= 0.6 is 0 Å². The Bertz CT molecular complexity index is 774. The second-order valence-corrected chi connectivity index (χ2v) is 6.76. The van der Waals surface area contributed by atoms with Crippen molar-refractivity contribution in [3.63, 3.8) is 0 Å². The summed E-state index contributed by atoms with van der Waals surface area (Å²) in [7, 11) is -3.36. The highest BCUT2D eigenvalue weighted by Gasteiger charge is 2.10. The summed E-state index contributed by atoms with van der Waals surface area (Å²) >= 11 is 0. The number of carbonyl (C=O) groups excluding carboxylic acids is 1. The summed E-state index contributed by atoms with van der Waals surface area (Å²) in [5.41, 5.74) is 0.870. The van der Waals surface area contributed by atoms with Gasteiger partial charge in [0, 0.05) is 12.7 Å². The maximum Gasteiger partial charge on any atom is 0.224 e.